The summed E-state index contributed by atoms with van der Waals surface area (Å²) in [5.74, 6) is 1.73. The van der Waals surface area contributed by atoms with Crippen molar-refractivity contribution in [3.05, 3.63) is 18.1 Å². The van der Waals surface area contributed by atoms with E-state index in [1.165, 1.54) is 32.1 Å². The Bertz CT molecular complexity index is 419. The Morgan fingerprint density at radius 3 is 2.90 bits per heavy atom. The zero-order valence-corrected chi connectivity index (χ0v) is 13.8. The van der Waals surface area contributed by atoms with Crippen LogP contribution in [0.2, 0.25) is 0 Å². The molecule has 0 bridgehead atoms. The third-order valence-electron chi connectivity index (χ3n) is 4.17. The summed E-state index contributed by atoms with van der Waals surface area (Å²) >= 11 is 0. The lowest BCUT2D eigenvalue weighted by atomic mass is 10.1. The molecule has 1 saturated heterocycles. The molecule has 1 aromatic heterocycles. The van der Waals surface area contributed by atoms with Gasteiger partial charge in [-0.3, -0.25) is 4.98 Å². The van der Waals surface area contributed by atoms with Gasteiger partial charge in [-0.15, -0.1) is 0 Å². The van der Waals surface area contributed by atoms with Gasteiger partial charge in [0.25, 0.3) is 0 Å². The summed E-state index contributed by atoms with van der Waals surface area (Å²) in [6, 6.07) is 0.626. The third-order valence-corrected chi connectivity index (χ3v) is 4.17. The first-order valence-electron chi connectivity index (χ1n) is 8.49. The molecular formula is C17H30N4. The summed E-state index contributed by atoms with van der Waals surface area (Å²) in [7, 11) is 0. The number of nitrogens with one attached hydrogen (secondary N) is 1. The van der Waals surface area contributed by atoms with Gasteiger partial charge in [-0.25, -0.2) is 4.98 Å². The molecule has 2 rings (SSSR count). The molecule has 2 heterocycles. The van der Waals surface area contributed by atoms with E-state index < -0.39 is 0 Å². The fraction of sp³-hybridized carbons (Fsp3) is 0.765. The van der Waals surface area contributed by atoms with E-state index in [0.717, 1.165) is 31.1 Å². The SMILES string of the molecule is CCC1CCCCCN1c1cncc(CNCC(C)C)n1. The molecule has 0 radical (unpaired) electrons. The van der Waals surface area contributed by atoms with Gasteiger partial charge < -0.3 is 10.2 Å². The Kier molecular flexibility index (Phi) is 6.43. The van der Waals surface area contributed by atoms with Gasteiger partial charge in [0.05, 0.1) is 11.9 Å². The van der Waals surface area contributed by atoms with Crippen LogP contribution in [0.3, 0.4) is 0 Å². The largest absolute Gasteiger partial charge is 0.352 e. The maximum atomic E-state index is 4.83. The highest BCUT2D eigenvalue weighted by atomic mass is 15.2. The second kappa shape index (κ2) is 8.32. The Hall–Kier alpha value is -1.16. The summed E-state index contributed by atoms with van der Waals surface area (Å²) in [5, 5.41) is 3.45. The number of hydrogen-bond acceptors (Lipinski definition) is 4. The lowest BCUT2D eigenvalue weighted by Gasteiger charge is -2.30. The smallest absolute Gasteiger partial charge is 0.147 e. The predicted octanol–water partition coefficient (Wildman–Crippen LogP) is 3.38. The van der Waals surface area contributed by atoms with Crippen molar-refractivity contribution in [2.45, 2.75) is 65.5 Å². The topological polar surface area (TPSA) is 41.1 Å². The van der Waals surface area contributed by atoms with Crippen LogP contribution in [0.25, 0.3) is 0 Å². The van der Waals surface area contributed by atoms with Crippen molar-refractivity contribution in [1.29, 1.82) is 0 Å². The van der Waals surface area contributed by atoms with Gasteiger partial charge in [0, 0.05) is 25.3 Å². The predicted molar refractivity (Wildman–Crippen MR) is 88.5 cm³/mol. The number of nitrogens with zero attached hydrogens (tertiary/aromatic N) is 3. The molecule has 4 nitrogen and oxygen atoms in total. The monoisotopic (exact) mass is 290 g/mol. The van der Waals surface area contributed by atoms with Crippen molar-refractivity contribution in [2.24, 2.45) is 5.92 Å². The molecule has 0 aromatic carbocycles. The molecule has 4 heteroatoms. The first kappa shape index (κ1) is 16.2. The van der Waals surface area contributed by atoms with Crippen molar-refractivity contribution in [2.75, 3.05) is 18.0 Å². The Labute approximate surface area is 129 Å². The van der Waals surface area contributed by atoms with Crippen LogP contribution >= 0.6 is 0 Å². The Morgan fingerprint density at radius 1 is 1.29 bits per heavy atom. The summed E-state index contributed by atoms with van der Waals surface area (Å²) in [4.78, 5) is 11.7. The zero-order chi connectivity index (χ0) is 15.1. The maximum absolute atomic E-state index is 4.83. The molecule has 0 aliphatic carbocycles. The number of aromatic nitrogens is 2. The van der Waals surface area contributed by atoms with Crippen molar-refractivity contribution in [3.8, 4) is 0 Å². The van der Waals surface area contributed by atoms with Gasteiger partial charge in [0.1, 0.15) is 5.82 Å². The summed E-state index contributed by atoms with van der Waals surface area (Å²) < 4.78 is 0. The van der Waals surface area contributed by atoms with Crippen molar-refractivity contribution in [1.82, 2.24) is 15.3 Å². The van der Waals surface area contributed by atoms with Crippen molar-refractivity contribution >= 4 is 5.82 Å². The molecule has 21 heavy (non-hydrogen) atoms. The molecule has 1 aliphatic heterocycles. The first-order valence-corrected chi connectivity index (χ1v) is 8.49. The van der Waals surface area contributed by atoms with Crippen LogP contribution in [0.5, 0.6) is 0 Å². The molecule has 1 aromatic rings. The van der Waals surface area contributed by atoms with E-state index in [1.54, 1.807) is 0 Å². The molecule has 1 aliphatic rings. The number of anilines is 1. The minimum Gasteiger partial charge on any atom is -0.352 e. The normalized spacial score (nSPS) is 19.8. The van der Waals surface area contributed by atoms with Gasteiger partial charge in [-0.2, -0.15) is 0 Å². The Balaban J connectivity index is 2.04. The van der Waals surface area contributed by atoms with Gasteiger partial charge in [0.15, 0.2) is 0 Å². The first-order chi connectivity index (χ1) is 10.2. The minimum absolute atomic E-state index is 0.626. The molecule has 1 N–H and O–H groups in total. The zero-order valence-electron chi connectivity index (χ0n) is 13.8. The highest BCUT2D eigenvalue weighted by Crippen LogP contribution is 2.24. The van der Waals surface area contributed by atoms with Crippen LogP contribution in [0.1, 0.15) is 58.6 Å². The average molecular weight is 290 g/mol. The highest BCUT2D eigenvalue weighted by molar-refractivity contribution is 5.38. The third kappa shape index (κ3) is 4.95. The maximum Gasteiger partial charge on any atom is 0.147 e. The van der Waals surface area contributed by atoms with Crippen molar-refractivity contribution < 1.29 is 0 Å². The molecule has 0 spiro atoms. The van der Waals surface area contributed by atoms with Crippen LogP contribution in [0, 0.1) is 5.92 Å². The highest BCUT2D eigenvalue weighted by Gasteiger charge is 2.21. The fourth-order valence-corrected chi connectivity index (χ4v) is 3.01. The van der Waals surface area contributed by atoms with Gasteiger partial charge in [-0.05, 0) is 31.7 Å². The van der Waals surface area contributed by atoms with Crippen molar-refractivity contribution in [3.63, 3.8) is 0 Å². The van der Waals surface area contributed by atoms with Crippen LogP contribution in [0.15, 0.2) is 12.4 Å². The second-order valence-corrected chi connectivity index (χ2v) is 6.50. The van der Waals surface area contributed by atoms with Gasteiger partial charge in [0.2, 0.25) is 0 Å². The average Bonchev–Trinajstić information content (AvgIpc) is 2.72. The molecular weight excluding hydrogens is 260 g/mol. The molecule has 1 unspecified atom stereocenters. The van der Waals surface area contributed by atoms with Crippen LogP contribution in [-0.4, -0.2) is 29.1 Å². The summed E-state index contributed by atoms with van der Waals surface area (Å²) in [6.45, 7) is 9.67. The number of hydrogen-bond donors (Lipinski definition) is 1. The standard InChI is InChI=1S/C17H30N4/c1-4-16-8-6-5-7-9-21(16)17-13-19-12-15(20-17)11-18-10-14(2)3/h12-14,16,18H,4-11H2,1-3H3. The Morgan fingerprint density at radius 2 is 2.14 bits per heavy atom. The number of rotatable bonds is 6. The molecule has 0 amide bonds. The van der Waals surface area contributed by atoms with Crippen LogP contribution in [0.4, 0.5) is 5.82 Å². The van der Waals surface area contributed by atoms with E-state index >= 15 is 0 Å². The summed E-state index contributed by atoms with van der Waals surface area (Å²) in [6.07, 6.45) is 10.3. The van der Waals surface area contributed by atoms with E-state index in [4.69, 9.17) is 4.98 Å². The molecule has 118 valence electrons. The van der Waals surface area contributed by atoms with E-state index in [2.05, 4.69) is 36.0 Å². The molecule has 1 fully saturated rings. The van der Waals surface area contributed by atoms with E-state index in [9.17, 15) is 0 Å². The van der Waals surface area contributed by atoms with E-state index in [1.807, 2.05) is 12.4 Å². The van der Waals surface area contributed by atoms with Gasteiger partial charge in [-0.1, -0.05) is 33.6 Å². The van der Waals surface area contributed by atoms with Crippen LogP contribution < -0.4 is 10.2 Å². The molecule has 0 saturated carbocycles. The minimum atomic E-state index is 0.626. The van der Waals surface area contributed by atoms with E-state index in [-0.39, 0.29) is 0 Å². The van der Waals surface area contributed by atoms with E-state index in [0.29, 0.717) is 12.0 Å². The quantitative estimate of drug-likeness (QED) is 0.872. The lowest BCUT2D eigenvalue weighted by Crippen LogP contribution is -2.35. The molecule has 1 atom stereocenters. The summed E-state index contributed by atoms with van der Waals surface area (Å²) in [5.41, 5.74) is 1.05. The van der Waals surface area contributed by atoms with Gasteiger partial charge >= 0.3 is 0 Å². The fourth-order valence-electron chi connectivity index (χ4n) is 3.01. The second-order valence-electron chi connectivity index (χ2n) is 6.50. The van der Waals surface area contributed by atoms with Crippen LogP contribution in [-0.2, 0) is 6.54 Å². The lowest BCUT2D eigenvalue weighted by molar-refractivity contribution is 0.540.